The standard InChI is InChI=1S/C25H38N2O/c1-18(2)16-21-17-28-25(26-21)23-15-9-14-22(27-23)24(19-10-5-3-6-11-19)20-12-7-4-8-13-20/h9,14-15,18-21,24H,3-8,10-13,16-17H2,1-2H3/t21-/m0/s1. The molecule has 28 heavy (non-hydrogen) atoms. The normalized spacial score (nSPS) is 24.6. The summed E-state index contributed by atoms with van der Waals surface area (Å²) in [5.74, 6) is 3.70. The van der Waals surface area contributed by atoms with Gasteiger partial charge in [-0.25, -0.2) is 9.98 Å². The molecule has 0 spiro atoms. The third kappa shape index (κ3) is 4.78. The Bertz CT molecular complexity index is 638. The molecule has 0 radical (unpaired) electrons. The number of hydrogen-bond acceptors (Lipinski definition) is 3. The molecule has 2 heterocycles. The third-order valence-corrected chi connectivity index (χ3v) is 7.10. The van der Waals surface area contributed by atoms with E-state index in [4.69, 9.17) is 14.7 Å². The maximum atomic E-state index is 5.97. The van der Waals surface area contributed by atoms with Crippen molar-refractivity contribution >= 4 is 5.90 Å². The number of ether oxygens (including phenoxy) is 1. The van der Waals surface area contributed by atoms with E-state index in [1.165, 1.54) is 69.9 Å². The first-order valence-electron chi connectivity index (χ1n) is 11.9. The lowest BCUT2D eigenvalue weighted by atomic mass is 9.68. The smallest absolute Gasteiger partial charge is 0.235 e. The molecule has 0 N–H and O–H groups in total. The van der Waals surface area contributed by atoms with E-state index < -0.39 is 0 Å². The van der Waals surface area contributed by atoms with Crippen molar-refractivity contribution in [2.24, 2.45) is 22.7 Å². The van der Waals surface area contributed by atoms with Crippen LogP contribution in [0.5, 0.6) is 0 Å². The van der Waals surface area contributed by atoms with Crippen LogP contribution in [-0.4, -0.2) is 23.5 Å². The van der Waals surface area contributed by atoms with Crippen LogP contribution < -0.4 is 0 Å². The second-order valence-electron chi connectivity index (χ2n) is 9.80. The Hall–Kier alpha value is -1.38. The fraction of sp³-hybridized carbons (Fsp3) is 0.760. The zero-order valence-electron chi connectivity index (χ0n) is 17.9. The van der Waals surface area contributed by atoms with E-state index in [-0.39, 0.29) is 0 Å². The molecule has 0 saturated heterocycles. The van der Waals surface area contributed by atoms with E-state index >= 15 is 0 Å². The summed E-state index contributed by atoms with van der Waals surface area (Å²) in [6, 6.07) is 6.88. The van der Waals surface area contributed by atoms with Crippen molar-refractivity contribution in [1.29, 1.82) is 0 Å². The summed E-state index contributed by atoms with van der Waals surface area (Å²) >= 11 is 0. The van der Waals surface area contributed by atoms with Gasteiger partial charge in [0.05, 0.1) is 6.04 Å². The Labute approximate surface area is 171 Å². The number of rotatable bonds is 6. The van der Waals surface area contributed by atoms with Crippen molar-refractivity contribution in [2.75, 3.05) is 6.61 Å². The molecule has 4 rings (SSSR count). The molecule has 0 amide bonds. The van der Waals surface area contributed by atoms with Gasteiger partial charge in [0.2, 0.25) is 5.90 Å². The summed E-state index contributed by atoms with van der Waals surface area (Å²) in [7, 11) is 0. The SMILES string of the molecule is CC(C)C[C@H]1COC(c2cccc(C(C3CCCCC3)C3CCCCC3)n2)=N1. The predicted molar refractivity (Wildman–Crippen MR) is 116 cm³/mol. The van der Waals surface area contributed by atoms with Crippen LogP contribution in [0.1, 0.15) is 102 Å². The molecule has 154 valence electrons. The number of nitrogens with zero attached hydrogens (tertiary/aromatic N) is 2. The van der Waals surface area contributed by atoms with E-state index in [2.05, 4.69) is 32.0 Å². The molecule has 0 bridgehead atoms. The van der Waals surface area contributed by atoms with Gasteiger partial charge >= 0.3 is 0 Å². The molecule has 1 aromatic rings. The molecule has 1 atom stereocenters. The van der Waals surface area contributed by atoms with E-state index in [0.717, 1.165) is 29.8 Å². The van der Waals surface area contributed by atoms with Gasteiger partial charge in [-0.15, -0.1) is 0 Å². The molecule has 1 aromatic heterocycles. The second-order valence-corrected chi connectivity index (χ2v) is 9.80. The molecule has 0 unspecified atom stereocenters. The lowest BCUT2D eigenvalue weighted by Crippen LogP contribution is -2.26. The highest BCUT2D eigenvalue weighted by Crippen LogP contribution is 2.45. The molecule has 0 aromatic carbocycles. The van der Waals surface area contributed by atoms with Crippen LogP contribution in [0.4, 0.5) is 0 Å². The minimum Gasteiger partial charge on any atom is -0.474 e. The van der Waals surface area contributed by atoms with Gasteiger partial charge in [0.15, 0.2) is 0 Å². The van der Waals surface area contributed by atoms with Crippen molar-refractivity contribution in [3.8, 4) is 0 Å². The molecule has 3 nitrogen and oxygen atoms in total. The van der Waals surface area contributed by atoms with Gasteiger partial charge in [-0.05, 0) is 62.0 Å². The minimum atomic E-state index is 0.299. The van der Waals surface area contributed by atoms with E-state index in [9.17, 15) is 0 Å². The minimum absolute atomic E-state index is 0.299. The summed E-state index contributed by atoms with van der Waals surface area (Å²) in [4.78, 5) is 10.0. The predicted octanol–water partition coefficient (Wildman–Crippen LogP) is 6.52. The second kappa shape index (κ2) is 9.41. The zero-order valence-corrected chi connectivity index (χ0v) is 17.9. The maximum Gasteiger partial charge on any atom is 0.235 e. The van der Waals surface area contributed by atoms with E-state index in [0.29, 0.717) is 24.5 Å². The number of hydrogen-bond donors (Lipinski definition) is 0. The molecule has 3 heteroatoms. The van der Waals surface area contributed by atoms with Crippen LogP contribution in [0.25, 0.3) is 0 Å². The monoisotopic (exact) mass is 382 g/mol. The van der Waals surface area contributed by atoms with E-state index in [1.54, 1.807) is 0 Å². The number of aromatic nitrogens is 1. The van der Waals surface area contributed by atoms with E-state index in [1.807, 2.05) is 0 Å². The van der Waals surface area contributed by atoms with Crippen LogP contribution >= 0.6 is 0 Å². The first kappa shape index (κ1) is 19.9. The van der Waals surface area contributed by atoms with Gasteiger partial charge in [0.1, 0.15) is 12.3 Å². The van der Waals surface area contributed by atoms with Crippen molar-refractivity contribution in [1.82, 2.24) is 4.98 Å². The largest absolute Gasteiger partial charge is 0.474 e. The Kier molecular flexibility index (Phi) is 6.69. The van der Waals surface area contributed by atoms with Crippen LogP contribution in [0.3, 0.4) is 0 Å². The van der Waals surface area contributed by atoms with Crippen LogP contribution in [0.15, 0.2) is 23.2 Å². The lowest BCUT2D eigenvalue weighted by molar-refractivity contribution is 0.199. The van der Waals surface area contributed by atoms with Crippen molar-refractivity contribution in [2.45, 2.75) is 96.4 Å². The Morgan fingerprint density at radius 3 is 2.18 bits per heavy atom. The maximum absolute atomic E-state index is 5.97. The average molecular weight is 383 g/mol. The number of pyridine rings is 1. The molecule has 2 saturated carbocycles. The van der Waals surface area contributed by atoms with Gasteiger partial charge in [0.25, 0.3) is 0 Å². The Morgan fingerprint density at radius 2 is 1.57 bits per heavy atom. The Morgan fingerprint density at radius 1 is 0.929 bits per heavy atom. The highest BCUT2D eigenvalue weighted by Gasteiger charge is 2.34. The van der Waals surface area contributed by atoms with Crippen LogP contribution in [0.2, 0.25) is 0 Å². The topological polar surface area (TPSA) is 34.5 Å². The van der Waals surface area contributed by atoms with Gasteiger partial charge in [-0.3, -0.25) is 0 Å². The van der Waals surface area contributed by atoms with Gasteiger partial charge in [0, 0.05) is 11.6 Å². The summed E-state index contributed by atoms with van der Waals surface area (Å²) < 4.78 is 5.97. The summed E-state index contributed by atoms with van der Waals surface area (Å²) in [5.41, 5.74) is 2.27. The summed E-state index contributed by atoms with van der Waals surface area (Å²) in [6.07, 6.45) is 15.1. The zero-order chi connectivity index (χ0) is 19.3. The fourth-order valence-corrected chi connectivity index (χ4v) is 5.83. The van der Waals surface area contributed by atoms with Crippen LogP contribution in [-0.2, 0) is 4.74 Å². The first-order chi connectivity index (χ1) is 13.7. The summed E-state index contributed by atoms with van der Waals surface area (Å²) in [5, 5.41) is 0. The highest BCUT2D eigenvalue weighted by atomic mass is 16.5. The number of aliphatic imine (C=N–C) groups is 1. The lowest BCUT2D eigenvalue weighted by Gasteiger charge is -2.37. The molecule has 2 fully saturated rings. The molecular weight excluding hydrogens is 344 g/mol. The van der Waals surface area contributed by atoms with Crippen LogP contribution in [0, 0.1) is 17.8 Å². The molecule has 2 aliphatic carbocycles. The van der Waals surface area contributed by atoms with Crippen molar-refractivity contribution in [3.63, 3.8) is 0 Å². The Balaban J connectivity index is 1.57. The highest BCUT2D eigenvalue weighted by molar-refractivity contribution is 5.93. The molecular formula is C25H38N2O. The average Bonchev–Trinajstić information content (AvgIpc) is 3.18. The summed E-state index contributed by atoms with van der Waals surface area (Å²) in [6.45, 7) is 5.23. The van der Waals surface area contributed by atoms with Crippen molar-refractivity contribution < 1.29 is 4.74 Å². The fourth-order valence-electron chi connectivity index (χ4n) is 5.83. The van der Waals surface area contributed by atoms with Gasteiger partial charge < -0.3 is 4.74 Å². The third-order valence-electron chi connectivity index (χ3n) is 7.10. The first-order valence-corrected chi connectivity index (χ1v) is 11.9. The van der Waals surface area contributed by atoms with Gasteiger partial charge in [-0.1, -0.05) is 58.4 Å². The van der Waals surface area contributed by atoms with Crippen molar-refractivity contribution in [3.05, 3.63) is 29.6 Å². The quantitative estimate of drug-likeness (QED) is 0.561. The van der Waals surface area contributed by atoms with Gasteiger partial charge in [-0.2, -0.15) is 0 Å². The molecule has 3 aliphatic rings. The molecule has 1 aliphatic heterocycles.